The maximum Gasteiger partial charge on any atom is 0.333 e. The number of fused-ring (bicyclic) bond motifs is 6. The molecule has 5 aromatic rings. The van der Waals surface area contributed by atoms with Gasteiger partial charge in [0, 0.05) is 104 Å². The number of rotatable bonds is 22. The summed E-state index contributed by atoms with van der Waals surface area (Å²) in [4.78, 5) is 16.8. The number of aromatic hydroxyl groups is 2. The van der Waals surface area contributed by atoms with Gasteiger partial charge in [0.1, 0.15) is 16.3 Å². The van der Waals surface area contributed by atoms with E-state index < -0.39 is 88.6 Å². The van der Waals surface area contributed by atoms with Crippen molar-refractivity contribution in [2.45, 2.75) is 89.7 Å². The standard InChI is InChI=1S/C51H57N3O18S4/c1-6-52-39-20-18-35-37(29-33(73(58,59)60)31-41(35)75(64,65)66)48(39)50(2,24-27-70-4)43(52)15-11-8-7-9-12-16-44-51(3,25-28-71-5)49-38-30-34(74(61,62)63)32-42(76(67,68)69)36(38)19-21-40(49)53(44)26-14-10-13-17-47(57)72-54-45(55)22-23-46(54)56/h7-9,11-12,15-16,18-23,29-32H,6,10,13-14,17,24-28H2,1-5H3,(H5-,55,56,58,59,60,61,62,63,64,65,66,67,68,69)/p+1. The van der Waals surface area contributed by atoms with Crippen molar-refractivity contribution in [2.75, 3.05) is 45.4 Å². The summed E-state index contributed by atoms with van der Waals surface area (Å²) in [6.07, 6.45) is 14.4. The highest BCUT2D eigenvalue weighted by atomic mass is 32.2. The molecule has 4 aromatic carbocycles. The molecule has 0 fully saturated rings. The lowest BCUT2D eigenvalue weighted by molar-refractivity contribution is -0.438. The van der Waals surface area contributed by atoms with Crippen LogP contribution >= 0.6 is 0 Å². The van der Waals surface area contributed by atoms with Crippen molar-refractivity contribution < 1.29 is 85.8 Å². The maximum atomic E-state index is 12.8. The van der Waals surface area contributed by atoms with Gasteiger partial charge >= 0.3 is 5.97 Å². The van der Waals surface area contributed by atoms with Crippen LogP contribution < -0.4 is 9.74 Å². The minimum atomic E-state index is -5.03. The lowest BCUT2D eigenvalue weighted by Crippen LogP contribution is -2.33. The summed E-state index contributed by atoms with van der Waals surface area (Å²) < 4.78 is 155. The number of unbranched alkanes of at least 4 members (excludes halogenated alkanes) is 2. The molecule has 1 aromatic heterocycles. The normalized spacial score (nSPS) is 18.9. The van der Waals surface area contributed by atoms with E-state index in [2.05, 4.69) is 0 Å². The monoisotopic (exact) mass is 1130 g/mol. The Balaban J connectivity index is 1.27. The molecule has 6 N–H and O–H groups in total. The fraction of sp³-hybridized carbons (Fsp3) is 0.333. The molecule has 76 heavy (non-hydrogen) atoms. The zero-order valence-electron chi connectivity index (χ0n) is 41.9. The van der Waals surface area contributed by atoms with Gasteiger partial charge in [0.05, 0.1) is 15.2 Å². The van der Waals surface area contributed by atoms with Crippen molar-refractivity contribution in [3.05, 3.63) is 120 Å². The smallest absolute Gasteiger partial charge is 0.333 e. The Morgan fingerprint density at radius 1 is 0.632 bits per heavy atom. The molecule has 0 saturated heterocycles. The molecule has 0 bridgehead atoms. The number of carbonyl (C=O) groups is 1. The summed E-state index contributed by atoms with van der Waals surface area (Å²) in [7, 11) is -16.9. The van der Waals surface area contributed by atoms with E-state index >= 15 is 0 Å². The molecule has 408 valence electrons. The molecule has 0 aliphatic carbocycles. The Labute approximate surface area is 440 Å². The number of carbonyl (C=O) groups excluding carboxylic acids is 1. The molecule has 21 nitrogen and oxygen atoms in total. The number of hydrogen-bond donors (Lipinski definition) is 6. The third-order valence-electron chi connectivity index (χ3n) is 13.8. The summed E-state index contributed by atoms with van der Waals surface area (Å²) in [5.74, 6) is -1.63. The summed E-state index contributed by atoms with van der Waals surface area (Å²) >= 11 is 0. The molecule has 0 radical (unpaired) electrons. The van der Waals surface area contributed by atoms with Crippen LogP contribution in [0.3, 0.4) is 0 Å². The Bertz CT molecular complexity index is 3750. The summed E-state index contributed by atoms with van der Waals surface area (Å²) in [6.45, 7) is 6.88. The first-order chi connectivity index (χ1) is 35.6. The van der Waals surface area contributed by atoms with Crippen LogP contribution in [0.15, 0.2) is 128 Å². The van der Waals surface area contributed by atoms with Gasteiger partial charge in [-0.1, -0.05) is 36.4 Å². The number of nitrogens with zero attached hydrogens (tertiary/aromatic N) is 3. The number of anilines is 1. The summed E-state index contributed by atoms with van der Waals surface area (Å²) in [6, 6.07) is 12.4. The van der Waals surface area contributed by atoms with Crippen molar-refractivity contribution in [1.82, 2.24) is 4.73 Å². The number of likely N-dealkylation sites (N-methyl/N-ethyl adjacent to an activating group) is 1. The van der Waals surface area contributed by atoms with Crippen molar-refractivity contribution in [3.63, 3.8) is 0 Å². The second-order valence-corrected chi connectivity index (χ2v) is 24.2. The predicted octanol–water partition coefficient (Wildman–Crippen LogP) is 7.19. The van der Waals surface area contributed by atoms with E-state index in [1.165, 1.54) is 32.4 Å². The summed E-state index contributed by atoms with van der Waals surface area (Å²) in [5, 5.41) is 20.1. The number of methoxy groups -OCH3 is 2. The lowest BCUT2D eigenvalue weighted by Gasteiger charge is -2.30. The van der Waals surface area contributed by atoms with Gasteiger partial charge < -0.3 is 29.4 Å². The molecule has 3 heterocycles. The van der Waals surface area contributed by atoms with Gasteiger partial charge in [-0.3, -0.25) is 18.2 Å². The molecular formula is C51H58N3O18S4+. The van der Waals surface area contributed by atoms with Crippen LogP contribution in [0.4, 0.5) is 11.4 Å². The fourth-order valence-corrected chi connectivity index (χ4v) is 12.9. The fourth-order valence-electron chi connectivity index (χ4n) is 10.3. The van der Waals surface area contributed by atoms with Crippen molar-refractivity contribution >= 4 is 85.1 Å². The molecule has 2 aliphatic rings. The Kier molecular flexibility index (Phi) is 16.6. The lowest BCUT2D eigenvalue weighted by atomic mass is 9.75. The zero-order chi connectivity index (χ0) is 55.8. The first-order valence-corrected chi connectivity index (χ1v) is 29.4. The van der Waals surface area contributed by atoms with E-state index in [9.17, 15) is 66.9 Å². The van der Waals surface area contributed by atoms with Crippen LogP contribution in [0, 0.1) is 0 Å². The minimum absolute atomic E-state index is 0.00381. The molecule has 0 amide bonds. The molecule has 2 atom stereocenters. The van der Waals surface area contributed by atoms with Crippen LogP contribution in [0.2, 0.25) is 0 Å². The van der Waals surface area contributed by atoms with Crippen molar-refractivity contribution in [1.29, 1.82) is 0 Å². The quantitative estimate of drug-likeness (QED) is 0.0173. The predicted molar refractivity (Wildman–Crippen MR) is 281 cm³/mol. The Hall–Kier alpha value is -6.26. The topological polar surface area (TPSA) is 314 Å². The molecule has 0 spiro atoms. The molecule has 7 rings (SSSR count). The highest BCUT2D eigenvalue weighted by molar-refractivity contribution is 7.87. The van der Waals surface area contributed by atoms with Crippen molar-refractivity contribution in [3.8, 4) is 11.8 Å². The van der Waals surface area contributed by atoms with Crippen LogP contribution in [0.5, 0.6) is 11.8 Å². The second kappa shape index (κ2) is 22.0. The SMILES string of the molecule is CCN1C(=CC=CC=CC=CC2=[N+](CCCCCC(=O)On3c(O)ccc3O)c3ccc4c(S(=O)(=O)O)cc(S(=O)(=O)O)cc4c3C2(C)CCOC)C(C)(CCOC)c2c1ccc1c(S(=O)(=O)O)cc(S(=O)(=O)O)cc21. The van der Waals surface area contributed by atoms with E-state index in [0.29, 0.717) is 83.8 Å². The van der Waals surface area contributed by atoms with E-state index in [0.717, 1.165) is 23.9 Å². The van der Waals surface area contributed by atoms with Gasteiger partial charge in [-0.25, -0.2) is 4.79 Å². The molecular weight excluding hydrogens is 1070 g/mol. The van der Waals surface area contributed by atoms with Crippen LogP contribution in [0.1, 0.15) is 70.4 Å². The van der Waals surface area contributed by atoms with E-state index in [1.54, 1.807) is 42.5 Å². The Morgan fingerprint density at radius 3 is 1.70 bits per heavy atom. The van der Waals surface area contributed by atoms with Crippen LogP contribution in [-0.2, 0) is 65.6 Å². The van der Waals surface area contributed by atoms with Gasteiger partial charge in [0.15, 0.2) is 5.71 Å². The van der Waals surface area contributed by atoms with Gasteiger partial charge in [-0.15, -0.1) is 4.73 Å². The van der Waals surface area contributed by atoms with E-state index in [-0.39, 0.29) is 47.6 Å². The summed E-state index contributed by atoms with van der Waals surface area (Å²) in [5.41, 5.74) is 1.74. The highest BCUT2D eigenvalue weighted by Gasteiger charge is 2.49. The third-order valence-corrected chi connectivity index (χ3v) is 17.2. The Morgan fingerprint density at radius 2 is 1.16 bits per heavy atom. The van der Waals surface area contributed by atoms with E-state index in [4.69, 9.17) is 14.3 Å². The first-order valence-electron chi connectivity index (χ1n) is 23.7. The largest absolute Gasteiger partial charge is 0.492 e. The average molecular weight is 1130 g/mol. The van der Waals surface area contributed by atoms with E-state index in [1.807, 2.05) is 42.4 Å². The van der Waals surface area contributed by atoms with Gasteiger partial charge in [0.2, 0.25) is 17.4 Å². The number of hydrogen-bond acceptors (Lipinski definition) is 15. The maximum absolute atomic E-state index is 12.8. The molecule has 25 heteroatoms. The number of benzene rings is 4. The van der Waals surface area contributed by atoms with Crippen LogP contribution in [-0.4, -0.2) is 124 Å². The average Bonchev–Trinajstić information content (AvgIpc) is 3.89. The zero-order valence-corrected chi connectivity index (χ0v) is 45.2. The first kappa shape index (κ1) is 57.4. The number of aromatic nitrogens is 1. The number of ether oxygens (including phenoxy) is 2. The van der Waals surface area contributed by atoms with Gasteiger partial charge in [-0.05, 0) is 105 Å². The molecule has 0 saturated carbocycles. The number of allylic oxidation sites excluding steroid dienone is 8. The molecule has 2 aliphatic heterocycles. The van der Waals surface area contributed by atoms with Gasteiger partial charge in [-0.2, -0.15) is 38.2 Å². The van der Waals surface area contributed by atoms with Gasteiger partial charge in [0.25, 0.3) is 40.5 Å². The molecule has 2 unspecified atom stereocenters. The minimum Gasteiger partial charge on any atom is -0.492 e. The highest BCUT2D eigenvalue weighted by Crippen LogP contribution is 2.54. The third kappa shape index (κ3) is 11.4. The van der Waals surface area contributed by atoms with Crippen LogP contribution in [0.25, 0.3) is 21.5 Å². The second-order valence-electron chi connectivity index (χ2n) is 18.6. The van der Waals surface area contributed by atoms with Crippen molar-refractivity contribution in [2.24, 2.45) is 0 Å².